The van der Waals surface area contributed by atoms with Crippen molar-refractivity contribution in [3.63, 3.8) is 0 Å². The van der Waals surface area contributed by atoms with E-state index in [1.165, 1.54) is 0 Å². The van der Waals surface area contributed by atoms with E-state index in [1.54, 1.807) is 0 Å². The summed E-state index contributed by atoms with van der Waals surface area (Å²) in [5.74, 6) is 0. The van der Waals surface area contributed by atoms with Crippen LogP contribution < -0.4 is 5.32 Å². The number of likely N-dealkylation sites (N-methyl/N-ethyl adjacent to an activating group) is 1. The maximum Gasteiger partial charge on any atom is 0.0662 e. The average molecular weight is 171 g/mol. The van der Waals surface area contributed by atoms with Gasteiger partial charge in [0.2, 0.25) is 0 Å². The van der Waals surface area contributed by atoms with Crippen molar-refractivity contribution in [1.29, 1.82) is 0 Å². The molecule has 0 aliphatic carbocycles. The molecular weight excluding hydrogens is 150 g/mol. The van der Waals surface area contributed by atoms with Crippen LogP contribution in [0.2, 0.25) is 0 Å². The summed E-state index contributed by atoms with van der Waals surface area (Å²) >= 11 is 0. The fraction of sp³-hybridized carbons (Fsp3) is 0.800. The van der Waals surface area contributed by atoms with E-state index in [0.717, 1.165) is 6.54 Å². The third-order valence-electron chi connectivity index (χ3n) is 1.45. The Morgan fingerprint density at radius 3 is 2.42 bits per heavy atom. The zero-order valence-corrected chi connectivity index (χ0v) is 8.68. The molecule has 0 saturated heterocycles. The topological polar surface area (TPSA) is 21.3 Å². The summed E-state index contributed by atoms with van der Waals surface area (Å²) in [5.41, 5.74) is -0.0588. The van der Waals surface area contributed by atoms with Crippen molar-refractivity contribution >= 4 is 0 Å². The van der Waals surface area contributed by atoms with Crippen LogP contribution in [-0.4, -0.2) is 24.8 Å². The first-order valence-corrected chi connectivity index (χ1v) is 4.49. The second-order valence-corrected chi connectivity index (χ2v) is 3.82. The van der Waals surface area contributed by atoms with Gasteiger partial charge in [-0.3, -0.25) is 0 Å². The summed E-state index contributed by atoms with van der Waals surface area (Å²) in [6.45, 7) is 13.6. The van der Waals surface area contributed by atoms with Crippen LogP contribution in [-0.2, 0) is 4.74 Å². The van der Waals surface area contributed by atoms with Gasteiger partial charge in [0.25, 0.3) is 0 Å². The van der Waals surface area contributed by atoms with Crippen LogP contribution >= 0.6 is 0 Å². The van der Waals surface area contributed by atoms with Crippen LogP contribution in [0, 0.1) is 0 Å². The molecule has 0 bridgehead atoms. The lowest BCUT2D eigenvalue weighted by Crippen LogP contribution is -2.34. The molecule has 0 rings (SSSR count). The third-order valence-corrected chi connectivity index (χ3v) is 1.45. The average Bonchev–Trinajstić information content (AvgIpc) is 1.96. The molecule has 0 aliphatic rings. The molecule has 0 amide bonds. The van der Waals surface area contributed by atoms with Crippen molar-refractivity contribution in [2.75, 3.05) is 13.2 Å². The largest absolute Gasteiger partial charge is 0.374 e. The molecule has 1 atom stereocenters. The Kier molecular flexibility index (Phi) is 5.18. The third kappa shape index (κ3) is 6.38. The molecule has 2 nitrogen and oxygen atoms in total. The second kappa shape index (κ2) is 5.33. The number of nitrogens with one attached hydrogen (secondary N) is 1. The highest BCUT2D eigenvalue weighted by atomic mass is 16.5. The van der Waals surface area contributed by atoms with Gasteiger partial charge in [0.15, 0.2) is 0 Å². The van der Waals surface area contributed by atoms with Crippen molar-refractivity contribution < 1.29 is 4.74 Å². The van der Waals surface area contributed by atoms with E-state index in [9.17, 15) is 0 Å². The fourth-order valence-corrected chi connectivity index (χ4v) is 0.812. The van der Waals surface area contributed by atoms with Crippen LogP contribution in [0.4, 0.5) is 0 Å². The van der Waals surface area contributed by atoms with E-state index >= 15 is 0 Å². The van der Waals surface area contributed by atoms with E-state index < -0.39 is 0 Å². The van der Waals surface area contributed by atoms with Gasteiger partial charge < -0.3 is 10.1 Å². The molecule has 0 spiro atoms. The van der Waals surface area contributed by atoms with Gasteiger partial charge in [0.05, 0.1) is 12.2 Å². The van der Waals surface area contributed by atoms with Gasteiger partial charge in [0.1, 0.15) is 0 Å². The minimum Gasteiger partial charge on any atom is -0.374 e. The Bertz CT molecular complexity index is 126. The van der Waals surface area contributed by atoms with Crippen molar-refractivity contribution in [1.82, 2.24) is 5.32 Å². The lowest BCUT2D eigenvalue weighted by Gasteiger charge is -2.23. The Hall–Kier alpha value is -0.340. The quantitative estimate of drug-likeness (QED) is 0.638. The van der Waals surface area contributed by atoms with Gasteiger partial charge in [0, 0.05) is 6.04 Å². The minimum absolute atomic E-state index is 0.0588. The SMILES string of the molecule is C=CC(COC(C)(C)C)NCC. The molecule has 0 fully saturated rings. The molecule has 1 unspecified atom stereocenters. The Balaban J connectivity index is 3.65. The Labute approximate surface area is 76.0 Å². The summed E-state index contributed by atoms with van der Waals surface area (Å²) in [4.78, 5) is 0. The molecule has 72 valence electrons. The zero-order chi connectivity index (χ0) is 9.61. The monoisotopic (exact) mass is 171 g/mol. The molecule has 0 aromatic heterocycles. The summed E-state index contributed by atoms with van der Waals surface area (Å²) in [5, 5.41) is 3.26. The standard InChI is InChI=1S/C10H21NO/c1-6-9(11-7-2)8-12-10(3,4)5/h6,9,11H,1,7-8H2,2-5H3. The molecule has 0 aromatic carbocycles. The molecule has 1 N–H and O–H groups in total. The first-order valence-electron chi connectivity index (χ1n) is 4.49. The van der Waals surface area contributed by atoms with Crippen molar-refractivity contribution in [3.8, 4) is 0 Å². The summed E-state index contributed by atoms with van der Waals surface area (Å²) in [6, 6.07) is 0.272. The van der Waals surface area contributed by atoms with Crippen molar-refractivity contribution in [2.24, 2.45) is 0 Å². The predicted molar refractivity (Wildman–Crippen MR) is 53.4 cm³/mol. The number of hydrogen-bond acceptors (Lipinski definition) is 2. The number of rotatable bonds is 5. The van der Waals surface area contributed by atoms with E-state index in [1.807, 2.05) is 6.08 Å². The van der Waals surface area contributed by atoms with Gasteiger partial charge in [-0.15, -0.1) is 6.58 Å². The van der Waals surface area contributed by atoms with Crippen molar-refractivity contribution in [3.05, 3.63) is 12.7 Å². The molecule has 2 heteroatoms. The molecule has 0 aromatic rings. The van der Waals surface area contributed by atoms with Crippen LogP contribution in [0.3, 0.4) is 0 Å². The van der Waals surface area contributed by atoms with E-state index in [-0.39, 0.29) is 11.6 Å². The first-order chi connectivity index (χ1) is 5.49. The zero-order valence-electron chi connectivity index (χ0n) is 8.68. The Morgan fingerprint density at radius 1 is 1.50 bits per heavy atom. The molecule has 0 saturated carbocycles. The lowest BCUT2D eigenvalue weighted by molar-refractivity contribution is -0.00869. The summed E-state index contributed by atoms with van der Waals surface area (Å²) < 4.78 is 5.60. The lowest BCUT2D eigenvalue weighted by atomic mass is 10.2. The van der Waals surface area contributed by atoms with Gasteiger partial charge in [-0.2, -0.15) is 0 Å². The van der Waals surface area contributed by atoms with E-state index in [2.05, 4.69) is 39.6 Å². The van der Waals surface area contributed by atoms with Gasteiger partial charge in [-0.25, -0.2) is 0 Å². The Morgan fingerprint density at radius 2 is 2.08 bits per heavy atom. The summed E-state index contributed by atoms with van der Waals surface area (Å²) in [6.07, 6.45) is 1.88. The van der Waals surface area contributed by atoms with Gasteiger partial charge >= 0.3 is 0 Å². The minimum atomic E-state index is -0.0588. The van der Waals surface area contributed by atoms with Crippen molar-refractivity contribution in [2.45, 2.75) is 39.3 Å². The number of hydrogen-bond donors (Lipinski definition) is 1. The summed E-state index contributed by atoms with van der Waals surface area (Å²) in [7, 11) is 0. The van der Waals surface area contributed by atoms with E-state index in [0.29, 0.717) is 6.61 Å². The van der Waals surface area contributed by atoms with Gasteiger partial charge in [-0.1, -0.05) is 13.0 Å². The molecular formula is C10H21NO. The number of ether oxygens (including phenoxy) is 1. The highest BCUT2D eigenvalue weighted by Gasteiger charge is 2.12. The smallest absolute Gasteiger partial charge is 0.0662 e. The van der Waals surface area contributed by atoms with Gasteiger partial charge in [-0.05, 0) is 27.3 Å². The molecule has 12 heavy (non-hydrogen) atoms. The van der Waals surface area contributed by atoms with Crippen LogP contribution in [0.15, 0.2) is 12.7 Å². The maximum absolute atomic E-state index is 5.60. The normalized spacial score (nSPS) is 14.3. The highest BCUT2D eigenvalue weighted by molar-refractivity contribution is 4.85. The molecule has 0 heterocycles. The maximum atomic E-state index is 5.60. The molecule has 0 radical (unpaired) electrons. The van der Waals surface area contributed by atoms with Crippen LogP contribution in [0.1, 0.15) is 27.7 Å². The first kappa shape index (κ1) is 11.7. The highest BCUT2D eigenvalue weighted by Crippen LogP contribution is 2.07. The predicted octanol–water partition coefficient (Wildman–Crippen LogP) is 1.97. The molecule has 0 aliphatic heterocycles. The van der Waals surface area contributed by atoms with Crippen LogP contribution in [0.25, 0.3) is 0 Å². The second-order valence-electron chi connectivity index (χ2n) is 3.82. The fourth-order valence-electron chi connectivity index (χ4n) is 0.812. The van der Waals surface area contributed by atoms with E-state index in [4.69, 9.17) is 4.74 Å². The van der Waals surface area contributed by atoms with Crippen LogP contribution in [0.5, 0.6) is 0 Å².